The summed E-state index contributed by atoms with van der Waals surface area (Å²) in [4.78, 5) is 16.8. The first kappa shape index (κ1) is 21.3. The predicted octanol–water partition coefficient (Wildman–Crippen LogP) is 2.57. The van der Waals surface area contributed by atoms with Crippen LogP contribution in [0.3, 0.4) is 0 Å². The third-order valence-electron chi connectivity index (χ3n) is 5.18. The Labute approximate surface area is 171 Å². The molecule has 8 heteroatoms. The Balaban J connectivity index is 1.77. The van der Waals surface area contributed by atoms with E-state index in [0.717, 1.165) is 30.2 Å². The van der Waals surface area contributed by atoms with E-state index in [4.69, 9.17) is 0 Å². The van der Waals surface area contributed by atoms with Gasteiger partial charge in [-0.2, -0.15) is 0 Å². The van der Waals surface area contributed by atoms with Gasteiger partial charge in [0, 0.05) is 37.3 Å². The Kier molecular flexibility index (Phi) is 6.54. The maximum absolute atomic E-state index is 14.0. The Morgan fingerprint density at radius 1 is 1.03 bits per heavy atom. The molecule has 1 heterocycles. The minimum atomic E-state index is -3.63. The Morgan fingerprint density at radius 3 is 2.21 bits per heavy atom. The summed E-state index contributed by atoms with van der Waals surface area (Å²) in [5.74, 6) is -0.522. The van der Waals surface area contributed by atoms with Crippen molar-refractivity contribution < 1.29 is 17.6 Å². The molecule has 1 saturated heterocycles. The van der Waals surface area contributed by atoms with Gasteiger partial charge in [-0.1, -0.05) is 25.1 Å². The van der Waals surface area contributed by atoms with Gasteiger partial charge in [0.05, 0.1) is 18.5 Å². The van der Waals surface area contributed by atoms with Crippen molar-refractivity contribution in [3.05, 3.63) is 65.5 Å². The second kappa shape index (κ2) is 8.92. The molecule has 0 aromatic heterocycles. The summed E-state index contributed by atoms with van der Waals surface area (Å²) in [7, 11) is -3.63. The molecule has 6 nitrogen and oxygen atoms in total. The van der Waals surface area contributed by atoms with Crippen molar-refractivity contribution in [1.29, 1.82) is 0 Å². The monoisotopic (exact) mass is 419 g/mol. The van der Waals surface area contributed by atoms with E-state index in [1.54, 1.807) is 42.5 Å². The van der Waals surface area contributed by atoms with Gasteiger partial charge >= 0.3 is 0 Å². The molecule has 0 unspecified atom stereocenters. The van der Waals surface area contributed by atoms with E-state index in [9.17, 15) is 17.6 Å². The first-order chi connectivity index (χ1) is 13.8. The summed E-state index contributed by atoms with van der Waals surface area (Å²) < 4.78 is 39.7. The van der Waals surface area contributed by atoms with Crippen molar-refractivity contribution in [2.45, 2.75) is 13.5 Å². The van der Waals surface area contributed by atoms with Crippen LogP contribution in [0.5, 0.6) is 0 Å². The minimum Gasteiger partial charge on any atom is -0.336 e. The molecular formula is C21H26FN3O3S. The normalized spacial score (nSPS) is 15.3. The zero-order chi connectivity index (χ0) is 21.0. The molecule has 3 rings (SSSR count). The molecule has 0 N–H and O–H groups in total. The molecular weight excluding hydrogens is 393 g/mol. The van der Waals surface area contributed by atoms with E-state index in [0.29, 0.717) is 24.3 Å². The Bertz CT molecular complexity index is 955. The van der Waals surface area contributed by atoms with Crippen molar-refractivity contribution in [1.82, 2.24) is 9.80 Å². The van der Waals surface area contributed by atoms with Gasteiger partial charge in [-0.05, 0) is 36.9 Å². The molecule has 0 bridgehead atoms. The van der Waals surface area contributed by atoms with E-state index < -0.39 is 15.8 Å². The topological polar surface area (TPSA) is 60.9 Å². The highest BCUT2D eigenvalue weighted by Crippen LogP contribution is 2.23. The van der Waals surface area contributed by atoms with Crippen LogP contribution in [0.2, 0.25) is 0 Å². The van der Waals surface area contributed by atoms with E-state index in [-0.39, 0.29) is 18.0 Å². The van der Waals surface area contributed by atoms with Gasteiger partial charge in [0.1, 0.15) is 5.82 Å². The van der Waals surface area contributed by atoms with Crippen LogP contribution in [-0.2, 0) is 16.6 Å². The fourth-order valence-corrected chi connectivity index (χ4v) is 4.28. The van der Waals surface area contributed by atoms with Crippen LogP contribution in [0.15, 0.2) is 48.5 Å². The van der Waals surface area contributed by atoms with Gasteiger partial charge in [-0.3, -0.25) is 9.10 Å². The van der Waals surface area contributed by atoms with Crippen molar-refractivity contribution in [3.63, 3.8) is 0 Å². The highest BCUT2D eigenvalue weighted by Gasteiger charge is 2.23. The number of benzene rings is 2. The second-order valence-corrected chi connectivity index (χ2v) is 9.04. The van der Waals surface area contributed by atoms with Crippen molar-refractivity contribution >= 4 is 21.6 Å². The number of likely N-dealkylation sites (N-methyl/N-ethyl adjacent to an activating group) is 1. The summed E-state index contributed by atoms with van der Waals surface area (Å²) in [6.07, 6.45) is 1.08. The van der Waals surface area contributed by atoms with Crippen molar-refractivity contribution in [3.8, 4) is 0 Å². The molecule has 0 radical (unpaired) electrons. The number of halogens is 1. The second-order valence-electron chi connectivity index (χ2n) is 7.13. The third-order valence-corrected chi connectivity index (χ3v) is 6.32. The number of amides is 1. The number of anilines is 1. The number of sulfonamides is 1. The zero-order valence-corrected chi connectivity index (χ0v) is 17.5. The molecule has 156 valence electrons. The summed E-state index contributed by atoms with van der Waals surface area (Å²) in [6.45, 7) is 6.02. The lowest BCUT2D eigenvalue weighted by Gasteiger charge is -2.34. The molecule has 0 saturated carbocycles. The summed E-state index contributed by atoms with van der Waals surface area (Å²) >= 11 is 0. The summed E-state index contributed by atoms with van der Waals surface area (Å²) in [5, 5.41) is 0. The van der Waals surface area contributed by atoms with Gasteiger partial charge in [-0.15, -0.1) is 0 Å². The van der Waals surface area contributed by atoms with Crippen molar-refractivity contribution in [2.24, 2.45) is 0 Å². The zero-order valence-electron chi connectivity index (χ0n) is 16.7. The molecule has 0 spiro atoms. The number of nitrogens with zero attached hydrogens (tertiary/aromatic N) is 3. The van der Waals surface area contributed by atoms with E-state index >= 15 is 0 Å². The molecule has 1 amide bonds. The molecule has 2 aromatic rings. The predicted molar refractivity (Wildman–Crippen MR) is 112 cm³/mol. The fraction of sp³-hybridized carbons (Fsp3) is 0.381. The van der Waals surface area contributed by atoms with Crippen LogP contribution in [0.4, 0.5) is 10.1 Å². The van der Waals surface area contributed by atoms with E-state index in [2.05, 4.69) is 11.8 Å². The maximum Gasteiger partial charge on any atom is 0.253 e. The first-order valence-corrected chi connectivity index (χ1v) is 11.5. The van der Waals surface area contributed by atoms with Gasteiger partial charge in [0.2, 0.25) is 10.0 Å². The van der Waals surface area contributed by atoms with Crippen LogP contribution >= 0.6 is 0 Å². The number of carbonyl (C=O) groups is 1. The number of rotatable bonds is 6. The molecule has 0 aliphatic carbocycles. The summed E-state index contributed by atoms with van der Waals surface area (Å²) in [5.41, 5.74) is 1.19. The van der Waals surface area contributed by atoms with Gasteiger partial charge in [-0.25, -0.2) is 12.8 Å². The largest absolute Gasteiger partial charge is 0.336 e. The maximum atomic E-state index is 14.0. The van der Waals surface area contributed by atoms with E-state index in [1.165, 1.54) is 6.07 Å². The molecule has 1 aliphatic heterocycles. The summed E-state index contributed by atoms with van der Waals surface area (Å²) in [6, 6.07) is 12.5. The van der Waals surface area contributed by atoms with Gasteiger partial charge in [0.15, 0.2) is 0 Å². The standard InChI is InChI=1S/C21H26FN3O3S/c1-3-23-12-14-24(15-13-23)21(26)17-8-10-19(11-9-17)25(29(2,27)28)16-18-6-4-5-7-20(18)22/h4-11H,3,12-16H2,1-2H3. The molecule has 1 aliphatic rings. The SMILES string of the molecule is CCN1CCN(C(=O)c2ccc(N(Cc3ccccc3F)S(C)(=O)=O)cc2)CC1. The number of carbonyl (C=O) groups excluding carboxylic acids is 1. The lowest BCUT2D eigenvalue weighted by Crippen LogP contribution is -2.48. The van der Waals surface area contributed by atoms with Crippen LogP contribution in [-0.4, -0.2) is 63.1 Å². The van der Waals surface area contributed by atoms with Crippen LogP contribution in [0.1, 0.15) is 22.8 Å². The van der Waals surface area contributed by atoms with Crippen molar-refractivity contribution in [2.75, 3.05) is 43.3 Å². The molecule has 1 fully saturated rings. The molecule has 2 aromatic carbocycles. The van der Waals surface area contributed by atoms with Crippen LogP contribution in [0.25, 0.3) is 0 Å². The minimum absolute atomic E-state index is 0.0627. The fourth-order valence-electron chi connectivity index (χ4n) is 3.40. The first-order valence-electron chi connectivity index (χ1n) is 9.62. The lowest BCUT2D eigenvalue weighted by molar-refractivity contribution is 0.0643. The molecule has 0 atom stereocenters. The average molecular weight is 420 g/mol. The highest BCUT2D eigenvalue weighted by atomic mass is 32.2. The Hall–Kier alpha value is -2.45. The van der Waals surface area contributed by atoms with Crippen LogP contribution in [0, 0.1) is 5.82 Å². The smallest absolute Gasteiger partial charge is 0.253 e. The van der Waals surface area contributed by atoms with E-state index in [1.807, 2.05) is 4.90 Å². The molecule has 29 heavy (non-hydrogen) atoms. The van der Waals surface area contributed by atoms with Gasteiger partial charge < -0.3 is 9.80 Å². The lowest BCUT2D eigenvalue weighted by atomic mass is 10.1. The number of hydrogen-bond donors (Lipinski definition) is 0. The number of piperazine rings is 1. The Morgan fingerprint density at radius 2 is 1.66 bits per heavy atom. The third kappa shape index (κ3) is 5.13. The van der Waals surface area contributed by atoms with Gasteiger partial charge in [0.25, 0.3) is 5.91 Å². The quantitative estimate of drug-likeness (QED) is 0.722. The highest BCUT2D eigenvalue weighted by molar-refractivity contribution is 7.92. The average Bonchev–Trinajstić information content (AvgIpc) is 2.72. The number of hydrogen-bond acceptors (Lipinski definition) is 4. The van der Waals surface area contributed by atoms with Crippen LogP contribution < -0.4 is 4.31 Å².